The number of nitrogens with zero attached hydrogens (tertiary/aromatic N) is 2. The van der Waals surface area contributed by atoms with Gasteiger partial charge in [0.2, 0.25) is 0 Å². The Balaban J connectivity index is 1.61. The van der Waals surface area contributed by atoms with Gasteiger partial charge in [0.1, 0.15) is 0 Å². The van der Waals surface area contributed by atoms with Gasteiger partial charge in [0.25, 0.3) is 0 Å². The van der Waals surface area contributed by atoms with Crippen molar-refractivity contribution >= 4 is 43.6 Å². The Bertz CT molecular complexity index is 1330. The molecule has 0 fully saturated rings. The van der Waals surface area contributed by atoms with Gasteiger partial charge in [-0.2, -0.15) is 0 Å². The largest absolute Gasteiger partial charge is 0.353 e. The number of H-pyrrole nitrogens is 2. The second-order valence-corrected chi connectivity index (χ2v) is 6.57. The van der Waals surface area contributed by atoms with Crippen molar-refractivity contribution in [1.82, 2.24) is 19.9 Å². The fourth-order valence-corrected chi connectivity index (χ4v) is 3.78. The lowest BCUT2D eigenvalue weighted by atomic mass is 10.1. The van der Waals surface area contributed by atoms with Crippen LogP contribution in [-0.4, -0.2) is 19.9 Å². The molecule has 0 radical (unpaired) electrons. The molecule has 0 aliphatic heterocycles. The summed E-state index contributed by atoms with van der Waals surface area (Å²) in [5.41, 5.74) is 6.11. The molecular formula is C22H14N4. The number of fused-ring (bicyclic) bond motifs is 6. The Hall–Kier alpha value is -3.66. The summed E-state index contributed by atoms with van der Waals surface area (Å²) in [6, 6.07) is 20.9. The molecule has 6 rings (SSSR count). The van der Waals surface area contributed by atoms with Gasteiger partial charge in [-0.15, -0.1) is 0 Å². The van der Waals surface area contributed by atoms with E-state index in [1.54, 1.807) is 0 Å². The third-order valence-electron chi connectivity index (χ3n) is 5.04. The number of para-hydroxylation sites is 2. The molecule has 2 aromatic carbocycles. The minimum absolute atomic E-state index is 0.884. The van der Waals surface area contributed by atoms with Gasteiger partial charge in [0.05, 0.1) is 34.8 Å². The van der Waals surface area contributed by atoms with Gasteiger partial charge in [0.15, 0.2) is 0 Å². The Labute approximate surface area is 148 Å². The van der Waals surface area contributed by atoms with E-state index in [1.807, 2.05) is 24.5 Å². The molecule has 0 aliphatic rings. The highest BCUT2D eigenvalue weighted by molar-refractivity contribution is 6.09. The third kappa shape index (κ3) is 1.84. The summed E-state index contributed by atoms with van der Waals surface area (Å²) >= 11 is 0. The van der Waals surface area contributed by atoms with E-state index in [1.165, 1.54) is 21.5 Å². The smallest absolute Gasteiger partial charge is 0.0894 e. The lowest BCUT2D eigenvalue weighted by Gasteiger charge is -2.01. The van der Waals surface area contributed by atoms with Gasteiger partial charge in [-0.3, -0.25) is 9.97 Å². The summed E-state index contributed by atoms with van der Waals surface area (Å²) in [5.74, 6) is 0. The molecule has 0 spiro atoms. The highest BCUT2D eigenvalue weighted by atomic mass is 14.8. The zero-order valence-electron chi connectivity index (χ0n) is 13.8. The molecule has 4 nitrogen and oxygen atoms in total. The standard InChI is InChI=1S/C22H14N4/c1-3-7-17-13(5-1)15-9-19(23-11-21(15)25-17)20-10-16-14-6-2-4-8-18(14)26-22(16)12-24-20/h1-12,25-26H. The van der Waals surface area contributed by atoms with Crippen LogP contribution >= 0.6 is 0 Å². The Morgan fingerprint density at radius 2 is 0.962 bits per heavy atom. The second-order valence-electron chi connectivity index (χ2n) is 6.57. The van der Waals surface area contributed by atoms with E-state index >= 15 is 0 Å². The second kappa shape index (κ2) is 4.92. The van der Waals surface area contributed by atoms with Gasteiger partial charge in [-0.1, -0.05) is 36.4 Å². The highest BCUT2D eigenvalue weighted by Crippen LogP contribution is 2.30. The van der Waals surface area contributed by atoms with Crippen LogP contribution in [0.5, 0.6) is 0 Å². The third-order valence-corrected chi connectivity index (χ3v) is 5.04. The molecule has 2 N–H and O–H groups in total. The van der Waals surface area contributed by atoms with Gasteiger partial charge in [-0.25, -0.2) is 0 Å². The van der Waals surface area contributed by atoms with Gasteiger partial charge in [0, 0.05) is 32.6 Å². The summed E-state index contributed by atoms with van der Waals surface area (Å²) in [4.78, 5) is 16.1. The van der Waals surface area contributed by atoms with Crippen molar-refractivity contribution in [2.24, 2.45) is 0 Å². The zero-order valence-corrected chi connectivity index (χ0v) is 13.8. The van der Waals surface area contributed by atoms with Crippen molar-refractivity contribution in [3.05, 3.63) is 73.1 Å². The average molecular weight is 334 g/mol. The molecule has 26 heavy (non-hydrogen) atoms. The molecule has 0 unspecified atom stereocenters. The predicted octanol–water partition coefficient (Wildman–Crippen LogP) is 5.41. The van der Waals surface area contributed by atoms with Crippen molar-refractivity contribution in [2.45, 2.75) is 0 Å². The van der Waals surface area contributed by atoms with E-state index < -0.39 is 0 Å². The quantitative estimate of drug-likeness (QED) is 0.422. The maximum absolute atomic E-state index is 4.64. The molecule has 4 aromatic heterocycles. The van der Waals surface area contributed by atoms with Crippen molar-refractivity contribution in [1.29, 1.82) is 0 Å². The Kier molecular flexibility index (Phi) is 2.58. The van der Waals surface area contributed by atoms with Crippen molar-refractivity contribution in [3.63, 3.8) is 0 Å². The van der Waals surface area contributed by atoms with Crippen LogP contribution in [0, 0.1) is 0 Å². The Morgan fingerprint density at radius 1 is 0.500 bits per heavy atom. The number of pyridine rings is 2. The maximum Gasteiger partial charge on any atom is 0.0894 e. The van der Waals surface area contributed by atoms with Crippen LogP contribution in [0.2, 0.25) is 0 Å². The van der Waals surface area contributed by atoms with Crippen LogP contribution in [0.25, 0.3) is 55.0 Å². The van der Waals surface area contributed by atoms with E-state index in [4.69, 9.17) is 0 Å². The minimum atomic E-state index is 0.884. The van der Waals surface area contributed by atoms with Crippen LogP contribution < -0.4 is 0 Å². The van der Waals surface area contributed by atoms with Crippen LogP contribution in [0.1, 0.15) is 0 Å². The van der Waals surface area contributed by atoms with Crippen LogP contribution in [-0.2, 0) is 0 Å². The first-order chi connectivity index (χ1) is 12.9. The number of benzene rings is 2. The van der Waals surface area contributed by atoms with E-state index in [0.717, 1.165) is 33.5 Å². The minimum Gasteiger partial charge on any atom is -0.353 e. The summed E-state index contributed by atoms with van der Waals surface area (Å²) in [7, 11) is 0. The molecular weight excluding hydrogens is 320 g/mol. The van der Waals surface area contributed by atoms with E-state index in [-0.39, 0.29) is 0 Å². The number of hydrogen-bond donors (Lipinski definition) is 2. The van der Waals surface area contributed by atoms with Crippen LogP contribution in [0.3, 0.4) is 0 Å². The van der Waals surface area contributed by atoms with E-state index in [9.17, 15) is 0 Å². The monoisotopic (exact) mass is 334 g/mol. The molecule has 4 heterocycles. The number of rotatable bonds is 1. The van der Waals surface area contributed by atoms with Crippen molar-refractivity contribution in [3.8, 4) is 11.4 Å². The summed E-state index contributed by atoms with van der Waals surface area (Å²) in [5, 5.41) is 4.76. The van der Waals surface area contributed by atoms with Crippen LogP contribution in [0.4, 0.5) is 0 Å². The van der Waals surface area contributed by atoms with Crippen molar-refractivity contribution in [2.75, 3.05) is 0 Å². The first kappa shape index (κ1) is 13.6. The van der Waals surface area contributed by atoms with Crippen LogP contribution in [0.15, 0.2) is 73.1 Å². The molecule has 0 atom stereocenters. The molecule has 0 bridgehead atoms. The number of aromatic amines is 2. The molecule has 4 heteroatoms. The van der Waals surface area contributed by atoms with Gasteiger partial charge >= 0.3 is 0 Å². The fourth-order valence-electron chi connectivity index (χ4n) is 3.78. The normalized spacial score (nSPS) is 11.8. The first-order valence-corrected chi connectivity index (χ1v) is 8.60. The first-order valence-electron chi connectivity index (χ1n) is 8.60. The van der Waals surface area contributed by atoms with Crippen molar-refractivity contribution < 1.29 is 0 Å². The van der Waals surface area contributed by atoms with E-state index in [2.05, 4.69) is 68.5 Å². The summed E-state index contributed by atoms with van der Waals surface area (Å²) < 4.78 is 0. The van der Waals surface area contributed by atoms with Gasteiger partial charge in [-0.05, 0) is 24.3 Å². The average Bonchev–Trinajstić information content (AvgIpc) is 3.25. The molecule has 0 amide bonds. The summed E-state index contributed by atoms with van der Waals surface area (Å²) in [6.45, 7) is 0. The Morgan fingerprint density at radius 3 is 1.46 bits per heavy atom. The molecule has 0 saturated heterocycles. The SMILES string of the molecule is c1ccc2c(c1)[nH]c1cnc(-c3cc4c(cn3)[nH]c3ccccc34)cc12. The number of nitrogens with one attached hydrogen (secondary N) is 2. The summed E-state index contributed by atoms with van der Waals surface area (Å²) in [6.07, 6.45) is 3.79. The predicted molar refractivity (Wildman–Crippen MR) is 106 cm³/mol. The molecule has 6 aromatic rings. The fraction of sp³-hybridized carbons (Fsp3) is 0. The number of aromatic nitrogens is 4. The lowest BCUT2D eigenvalue weighted by Crippen LogP contribution is -1.87. The van der Waals surface area contributed by atoms with E-state index in [0.29, 0.717) is 0 Å². The topological polar surface area (TPSA) is 57.4 Å². The number of hydrogen-bond acceptors (Lipinski definition) is 2. The maximum atomic E-state index is 4.64. The zero-order chi connectivity index (χ0) is 17.1. The molecule has 0 saturated carbocycles. The van der Waals surface area contributed by atoms with Gasteiger partial charge < -0.3 is 9.97 Å². The lowest BCUT2D eigenvalue weighted by molar-refractivity contribution is 1.27. The highest BCUT2D eigenvalue weighted by Gasteiger charge is 2.10. The molecule has 0 aliphatic carbocycles. The molecule has 122 valence electrons.